The van der Waals surface area contributed by atoms with Crippen molar-refractivity contribution in [3.63, 3.8) is 0 Å². The first-order valence-electron chi connectivity index (χ1n) is 7.76. The van der Waals surface area contributed by atoms with Gasteiger partial charge >= 0.3 is 0 Å². The van der Waals surface area contributed by atoms with Gasteiger partial charge in [0.05, 0.1) is 16.6 Å². The fourth-order valence-corrected chi connectivity index (χ4v) is 3.87. The van der Waals surface area contributed by atoms with Crippen molar-refractivity contribution < 1.29 is 0 Å². The van der Waals surface area contributed by atoms with E-state index >= 15 is 0 Å². The number of H-pyrrole nitrogens is 1. The Hall–Kier alpha value is -2.78. The molecule has 0 spiro atoms. The Morgan fingerprint density at radius 1 is 0.917 bits per heavy atom. The summed E-state index contributed by atoms with van der Waals surface area (Å²) < 4.78 is 2.08. The van der Waals surface area contributed by atoms with E-state index in [-0.39, 0.29) is 5.43 Å². The molecule has 3 nitrogen and oxygen atoms in total. The molecule has 0 saturated heterocycles. The summed E-state index contributed by atoms with van der Waals surface area (Å²) in [5.74, 6) is 0. The average molecular weight is 333 g/mol. The molecular formula is C20H13ClN2O. The summed E-state index contributed by atoms with van der Waals surface area (Å²) in [5, 5.41) is 4.75. The number of nitrogens with one attached hydrogen (secondary N) is 1. The molecule has 2 aromatic heterocycles. The van der Waals surface area contributed by atoms with Crippen LogP contribution in [0, 0.1) is 0 Å². The van der Waals surface area contributed by atoms with Crippen molar-refractivity contribution in [2.75, 3.05) is 0 Å². The van der Waals surface area contributed by atoms with E-state index in [0.717, 1.165) is 43.6 Å². The SMILES string of the molecule is Cn1c2ccccc2c2[nH]c3ccc(Cl)cc3c3cc(=O)cc1c32. The van der Waals surface area contributed by atoms with Crippen LogP contribution in [0.3, 0.4) is 0 Å². The zero-order valence-corrected chi connectivity index (χ0v) is 13.7. The number of rotatable bonds is 0. The smallest absolute Gasteiger partial charge is 0.181 e. The zero-order valence-electron chi connectivity index (χ0n) is 12.9. The Bertz CT molecular complexity index is 1340. The molecule has 0 fully saturated rings. The number of aromatic nitrogens is 2. The van der Waals surface area contributed by atoms with Crippen molar-refractivity contribution in [2.24, 2.45) is 7.05 Å². The number of aryl methyl sites for hydroxylation is 1. The molecule has 0 aliphatic carbocycles. The van der Waals surface area contributed by atoms with Crippen molar-refractivity contribution in [3.8, 4) is 0 Å². The van der Waals surface area contributed by atoms with Crippen molar-refractivity contribution in [1.82, 2.24) is 9.55 Å². The summed E-state index contributed by atoms with van der Waals surface area (Å²) >= 11 is 6.19. The van der Waals surface area contributed by atoms with Crippen LogP contribution in [0.1, 0.15) is 0 Å². The predicted octanol–water partition coefficient (Wildman–Crippen LogP) is 4.98. The number of benzene rings is 3. The number of pyridine rings is 2. The highest BCUT2D eigenvalue weighted by molar-refractivity contribution is 6.32. The van der Waals surface area contributed by atoms with Gasteiger partial charge in [-0.15, -0.1) is 0 Å². The van der Waals surface area contributed by atoms with E-state index in [4.69, 9.17) is 11.6 Å². The standard InChI is InChI=1S/C20H13ClN2O/c1-23-17-5-3-2-4-13(17)20-19-15(9-12(24)10-18(19)23)14-8-11(21)6-7-16(14)22-20/h2-10,22H,1H3. The monoisotopic (exact) mass is 332 g/mol. The van der Waals surface area contributed by atoms with E-state index in [1.807, 2.05) is 37.4 Å². The van der Waals surface area contributed by atoms with Crippen molar-refractivity contribution >= 4 is 55.2 Å². The van der Waals surface area contributed by atoms with Crippen molar-refractivity contribution in [3.05, 3.63) is 69.8 Å². The van der Waals surface area contributed by atoms with Gasteiger partial charge in [0.25, 0.3) is 0 Å². The molecule has 3 aromatic carbocycles. The van der Waals surface area contributed by atoms with Crippen LogP contribution in [0.15, 0.2) is 59.4 Å². The van der Waals surface area contributed by atoms with Crippen LogP contribution >= 0.6 is 11.6 Å². The van der Waals surface area contributed by atoms with Crippen LogP contribution in [0.4, 0.5) is 0 Å². The number of nitrogens with zero attached hydrogens (tertiary/aromatic N) is 1. The predicted molar refractivity (Wildman–Crippen MR) is 101 cm³/mol. The maximum Gasteiger partial charge on any atom is 0.181 e. The average Bonchev–Trinajstić information content (AvgIpc) is 2.59. The van der Waals surface area contributed by atoms with Gasteiger partial charge in [0, 0.05) is 39.8 Å². The maximum atomic E-state index is 12.3. The largest absolute Gasteiger partial charge is 0.354 e. The Morgan fingerprint density at radius 2 is 1.75 bits per heavy atom. The van der Waals surface area contributed by atoms with Gasteiger partial charge in [-0.05, 0) is 35.7 Å². The van der Waals surface area contributed by atoms with E-state index in [2.05, 4.69) is 21.7 Å². The van der Waals surface area contributed by atoms with E-state index in [1.165, 1.54) is 0 Å². The lowest BCUT2D eigenvalue weighted by molar-refractivity contribution is 1.00. The molecule has 0 unspecified atom stereocenters. The normalized spacial score (nSPS) is 11.9. The van der Waals surface area contributed by atoms with Gasteiger partial charge in [0.2, 0.25) is 0 Å². The van der Waals surface area contributed by atoms with Crippen LogP contribution < -0.4 is 5.43 Å². The van der Waals surface area contributed by atoms with E-state index in [0.29, 0.717) is 5.02 Å². The third-order valence-corrected chi connectivity index (χ3v) is 5.00. The Kier molecular flexibility index (Phi) is 2.62. The van der Waals surface area contributed by atoms with Gasteiger partial charge in [-0.3, -0.25) is 4.79 Å². The fourth-order valence-electron chi connectivity index (χ4n) is 3.70. The van der Waals surface area contributed by atoms with E-state index in [1.54, 1.807) is 12.1 Å². The zero-order chi connectivity index (χ0) is 16.4. The van der Waals surface area contributed by atoms with Gasteiger partial charge in [-0.1, -0.05) is 29.8 Å². The van der Waals surface area contributed by atoms with Crippen LogP contribution in [0.2, 0.25) is 5.02 Å². The number of para-hydroxylation sites is 1. The molecule has 0 amide bonds. The summed E-state index contributed by atoms with van der Waals surface area (Å²) in [6.07, 6.45) is 0. The van der Waals surface area contributed by atoms with Gasteiger partial charge < -0.3 is 9.55 Å². The molecule has 0 atom stereocenters. The number of fused-ring (bicyclic) bond motifs is 4. The molecule has 5 aromatic rings. The molecule has 0 bridgehead atoms. The minimum Gasteiger partial charge on any atom is -0.354 e. The van der Waals surface area contributed by atoms with Crippen molar-refractivity contribution in [2.45, 2.75) is 0 Å². The second-order valence-corrected chi connectivity index (χ2v) is 6.57. The summed E-state index contributed by atoms with van der Waals surface area (Å²) in [7, 11) is 2.00. The highest BCUT2D eigenvalue weighted by Gasteiger charge is 2.14. The first kappa shape index (κ1) is 13.6. The van der Waals surface area contributed by atoms with Gasteiger partial charge in [0.15, 0.2) is 5.43 Å². The summed E-state index contributed by atoms with van der Waals surface area (Å²) in [5.41, 5.74) is 4.02. The fraction of sp³-hybridized carbons (Fsp3) is 0.0500. The number of hydrogen-bond donors (Lipinski definition) is 1. The van der Waals surface area contributed by atoms with Gasteiger partial charge in [-0.25, -0.2) is 0 Å². The molecule has 24 heavy (non-hydrogen) atoms. The number of hydrogen-bond acceptors (Lipinski definition) is 1. The van der Waals surface area contributed by atoms with Crippen molar-refractivity contribution in [1.29, 1.82) is 0 Å². The topological polar surface area (TPSA) is 37.8 Å². The minimum atomic E-state index is 0.00200. The number of aromatic amines is 1. The Labute approximate surface area is 142 Å². The van der Waals surface area contributed by atoms with E-state index in [9.17, 15) is 4.79 Å². The second kappa shape index (κ2) is 4.62. The molecule has 0 saturated carbocycles. The number of halogens is 1. The molecule has 1 N–H and O–H groups in total. The first-order chi connectivity index (χ1) is 11.6. The molecule has 5 rings (SSSR count). The molecule has 0 radical (unpaired) electrons. The van der Waals surface area contributed by atoms with Gasteiger partial charge in [0.1, 0.15) is 0 Å². The Balaban J connectivity index is 2.24. The Morgan fingerprint density at radius 3 is 2.62 bits per heavy atom. The molecule has 0 aliphatic heterocycles. The summed E-state index contributed by atoms with van der Waals surface area (Å²) in [6, 6.07) is 17.4. The van der Waals surface area contributed by atoms with Crippen LogP contribution in [-0.2, 0) is 7.05 Å². The third kappa shape index (κ3) is 1.70. The first-order valence-corrected chi connectivity index (χ1v) is 8.14. The van der Waals surface area contributed by atoms with Crippen LogP contribution in [0.5, 0.6) is 0 Å². The minimum absolute atomic E-state index is 0.00200. The second-order valence-electron chi connectivity index (χ2n) is 6.13. The highest BCUT2D eigenvalue weighted by atomic mass is 35.5. The summed E-state index contributed by atoms with van der Waals surface area (Å²) in [6.45, 7) is 0. The highest BCUT2D eigenvalue weighted by Crippen LogP contribution is 2.35. The lowest BCUT2D eigenvalue weighted by Crippen LogP contribution is -2.05. The quantitative estimate of drug-likeness (QED) is 0.315. The lowest BCUT2D eigenvalue weighted by Gasteiger charge is -2.16. The molecule has 4 heteroatoms. The maximum absolute atomic E-state index is 12.3. The molecule has 0 aliphatic rings. The summed E-state index contributed by atoms with van der Waals surface area (Å²) in [4.78, 5) is 15.9. The molecule has 116 valence electrons. The lowest BCUT2D eigenvalue weighted by atomic mass is 10.00. The van der Waals surface area contributed by atoms with Gasteiger partial charge in [-0.2, -0.15) is 0 Å². The third-order valence-electron chi connectivity index (χ3n) is 4.77. The molecule has 2 heterocycles. The van der Waals surface area contributed by atoms with Crippen LogP contribution in [-0.4, -0.2) is 9.55 Å². The molecular weight excluding hydrogens is 320 g/mol. The van der Waals surface area contributed by atoms with Crippen LogP contribution in [0.25, 0.3) is 43.6 Å². The van der Waals surface area contributed by atoms with E-state index < -0.39 is 0 Å².